The molecule has 0 aliphatic heterocycles. The van der Waals surface area contributed by atoms with E-state index in [0.29, 0.717) is 35.2 Å². The molecule has 5 nitrogen and oxygen atoms in total. The number of para-hydroxylation sites is 2. The first-order valence-corrected chi connectivity index (χ1v) is 21.7. The van der Waals surface area contributed by atoms with Crippen LogP contribution in [0.1, 0.15) is 101 Å². The van der Waals surface area contributed by atoms with Crippen LogP contribution in [0.15, 0.2) is 134 Å². The van der Waals surface area contributed by atoms with Gasteiger partial charge < -0.3 is 13.7 Å². The van der Waals surface area contributed by atoms with Gasteiger partial charge in [-0.2, -0.15) is 6.07 Å². The molecule has 0 N–H and O–H groups in total. The summed E-state index contributed by atoms with van der Waals surface area (Å²) in [6, 6.07) is 50.5. The van der Waals surface area contributed by atoms with Gasteiger partial charge in [0.05, 0.1) is 11.3 Å². The van der Waals surface area contributed by atoms with E-state index in [1.165, 1.54) is 38.9 Å². The van der Waals surface area contributed by atoms with Gasteiger partial charge in [0.2, 0.25) is 0 Å². The predicted molar refractivity (Wildman–Crippen MR) is 254 cm³/mol. The van der Waals surface area contributed by atoms with Crippen LogP contribution < -0.4 is 4.74 Å². The zero-order chi connectivity index (χ0) is 42.1. The van der Waals surface area contributed by atoms with Gasteiger partial charge in [-0.1, -0.05) is 157 Å². The maximum Gasteiger partial charge on any atom is 2.00 e. The van der Waals surface area contributed by atoms with Crippen LogP contribution >= 0.6 is 0 Å². The summed E-state index contributed by atoms with van der Waals surface area (Å²) in [6.45, 7) is 18.4. The molecule has 0 aliphatic carbocycles. The Morgan fingerprint density at radius 3 is 1.74 bits per heavy atom. The normalized spacial score (nSPS) is 12.0. The maximum atomic E-state index is 6.73. The van der Waals surface area contributed by atoms with Crippen molar-refractivity contribution >= 4 is 49.1 Å². The third-order valence-corrected chi connectivity index (χ3v) is 12.4. The van der Waals surface area contributed by atoms with E-state index < -0.39 is 0 Å². The first kappa shape index (κ1) is 41.3. The van der Waals surface area contributed by atoms with Crippen molar-refractivity contribution in [3.05, 3.63) is 168 Å². The summed E-state index contributed by atoms with van der Waals surface area (Å²) in [6.07, 6.45) is 3.92. The van der Waals surface area contributed by atoms with Crippen molar-refractivity contribution in [3.63, 3.8) is 0 Å². The van der Waals surface area contributed by atoms with Gasteiger partial charge in [0.25, 0.3) is 0 Å². The number of aromatic nitrogens is 4. The minimum atomic E-state index is 0. The predicted octanol–water partition coefficient (Wildman–Crippen LogP) is 15.4. The molecule has 0 amide bonds. The van der Waals surface area contributed by atoms with Gasteiger partial charge in [-0.3, -0.25) is 4.98 Å². The van der Waals surface area contributed by atoms with E-state index >= 15 is 0 Å². The fourth-order valence-corrected chi connectivity index (χ4v) is 9.55. The Morgan fingerprint density at radius 1 is 0.516 bits per heavy atom. The average molecular weight is 990 g/mol. The van der Waals surface area contributed by atoms with Crippen molar-refractivity contribution < 1.29 is 25.8 Å². The van der Waals surface area contributed by atoms with Crippen LogP contribution in [-0.4, -0.2) is 18.9 Å². The molecule has 0 spiro atoms. The van der Waals surface area contributed by atoms with Gasteiger partial charge in [-0.05, 0) is 80.5 Å². The van der Waals surface area contributed by atoms with E-state index in [1.807, 2.05) is 36.5 Å². The summed E-state index contributed by atoms with van der Waals surface area (Å²) in [5.74, 6) is 3.34. The zero-order valence-corrected chi connectivity index (χ0v) is 38.8. The standard InChI is InChI=1S/C56H50N4O.Pt/c1-33(2)39-17-13-18-40(34(3)4)53(39)47-22-15-21-46-43-27-25-37(61-38-26-28-45-44-16-9-10-23-49(44)59(50(45)31-38)52-24-11-12-29-57-52)30-48(43)56-58-32-51(60(56)55(46)47)54-41(35(5)6)19-14-20-42(54)36(7)8;/h9-29,32-36H,1-8H3;/q-2;+2. The molecule has 10 rings (SSSR count). The number of fused-ring (bicyclic) bond motifs is 9. The molecule has 0 radical (unpaired) electrons. The van der Waals surface area contributed by atoms with Crippen LogP contribution in [0.25, 0.3) is 77.3 Å². The van der Waals surface area contributed by atoms with Crippen LogP contribution in [0, 0.1) is 12.1 Å². The second kappa shape index (κ2) is 16.3. The molecule has 62 heavy (non-hydrogen) atoms. The van der Waals surface area contributed by atoms with E-state index in [0.717, 1.165) is 60.6 Å². The number of rotatable bonds is 9. The topological polar surface area (TPSA) is 44.3 Å². The van der Waals surface area contributed by atoms with E-state index in [4.69, 9.17) is 14.7 Å². The van der Waals surface area contributed by atoms with Gasteiger partial charge in [0, 0.05) is 46.1 Å². The SMILES string of the molecule is CC(C)c1cccc(C(C)C)c1-c1cccc2c3ccc(Oc4[c-]c5c(cc4)c4ccccc4n5-c4ccccn4)[c-]c3c3ncc(-c4c(C(C)C)cccc4C(C)C)n3c12.[Pt+2]. The smallest absolute Gasteiger partial charge is 0.503 e. The van der Waals surface area contributed by atoms with Crippen LogP contribution in [0.5, 0.6) is 11.5 Å². The minimum absolute atomic E-state index is 0. The first-order valence-electron chi connectivity index (χ1n) is 21.7. The number of ether oxygens (including phenoxy) is 1. The van der Waals surface area contributed by atoms with E-state index in [9.17, 15) is 0 Å². The third kappa shape index (κ3) is 6.73. The Hall–Kier alpha value is -6.03. The van der Waals surface area contributed by atoms with Gasteiger partial charge in [0.15, 0.2) is 0 Å². The number of benzene rings is 6. The minimum Gasteiger partial charge on any atom is -0.503 e. The number of pyridine rings is 2. The molecule has 0 aliphatic rings. The van der Waals surface area contributed by atoms with Crippen molar-refractivity contribution in [1.29, 1.82) is 0 Å². The van der Waals surface area contributed by atoms with Crippen molar-refractivity contribution in [2.24, 2.45) is 0 Å². The number of hydrogen-bond acceptors (Lipinski definition) is 3. The largest absolute Gasteiger partial charge is 2.00 e. The van der Waals surface area contributed by atoms with Crippen molar-refractivity contribution in [1.82, 2.24) is 18.9 Å². The summed E-state index contributed by atoms with van der Waals surface area (Å²) >= 11 is 0. The number of nitrogens with zero attached hydrogens (tertiary/aromatic N) is 4. The molecule has 310 valence electrons. The maximum absolute atomic E-state index is 6.73. The van der Waals surface area contributed by atoms with E-state index in [-0.39, 0.29) is 21.1 Å². The number of hydrogen-bond donors (Lipinski definition) is 0. The van der Waals surface area contributed by atoms with Gasteiger partial charge in [-0.25, -0.2) is 4.98 Å². The number of imidazole rings is 1. The van der Waals surface area contributed by atoms with Crippen LogP contribution in [0.2, 0.25) is 0 Å². The molecule has 10 aromatic rings. The van der Waals surface area contributed by atoms with E-state index in [2.05, 4.69) is 174 Å². The molecular formula is C56H50N4OPt. The zero-order valence-electron chi connectivity index (χ0n) is 36.5. The fourth-order valence-electron chi connectivity index (χ4n) is 9.55. The molecule has 0 unspecified atom stereocenters. The Morgan fingerprint density at radius 2 is 1.10 bits per heavy atom. The van der Waals surface area contributed by atoms with E-state index in [1.54, 1.807) is 0 Å². The third-order valence-electron chi connectivity index (χ3n) is 12.4. The monoisotopic (exact) mass is 989 g/mol. The average Bonchev–Trinajstić information content (AvgIpc) is 3.85. The molecular weight excluding hydrogens is 940 g/mol. The second-order valence-corrected chi connectivity index (χ2v) is 17.6. The Bertz CT molecular complexity index is 3250. The molecule has 0 fully saturated rings. The summed E-state index contributed by atoms with van der Waals surface area (Å²) in [7, 11) is 0. The fraction of sp³-hybridized carbons (Fsp3) is 0.214. The summed E-state index contributed by atoms with van der Waals surface area (Å²) in [5, 5.41) is 5.37. The molecule has 6 aromatic carbocycles. The molecule has 4 heterocycles. The van der Waals surface area contributed by atoms with Crippen molar-refractivity contribution in [3.8, 4) is 39.7 Å². The Kier molecular flexibility index (Phi) is 10.9. The van der Waals surface area contributed by atoms with Crippen molar-refractivity contribution in [2.45, 2.75) is 79.1 Å². The summed E-state index contributed by atoms with van der Waals surface area (Å²) in [4.78, 5) is 10.1. The Labute approximate surface area is 378 Å². The Balaban J connectivity index is 0.00000490. The van der Waals surface area contributed by atoms with Gasteiger partial charge in [0.1, 0.15) is 5.82 Å². The van der Waals surface area contributed by atoms with Crippen LogP contribution in [0.4, 0.5) is 0 Å². The first-order chi connectivity index (χ1) is 29.6. The van der Waals surface area contributed by atoms with Crippen molar-refractivity contribution in [2.75, 3.05) is 0 Å². The summed E-state index contributed by atoms with van der Waals surface area (Å²) < 4.78 is 11.3. The second-order valence-electron chi connectivity index (χ2n) is 17.6. The molecule has 0 bridgehead atoms. The molecule has 4 aromatic heterocycles. The summed E-state index contributed by atoms with van der Waals surface area (Å²) in [5.41, 5.74) is 14.2. The van der Waals surface area contributed by atoms with Gasteiger partial charge in [-0.15, -0.1) is 29.7 Å². The van der Waals surface area contributed by atoms with Crippen LogP contribution in [-0.2, 0) is 21.1 Å². The van der Waals surface area contributed by atoms with Gasteiger partial charge >= 0.3 is 21.1 Å². The molecule has 0 atom stereocenters. The molecule has 6 heteroatoms. The quantitative estimate of drug-likeness (QED) is 0.107. The molecule has 0 saturated carbocycles. The van der Waals surface area contributed by atoms with Crippen LogP contribution in [0.3, 0.4) is 0 Å². The molecule has 0 saturated heterocycles.